The van der Waals surface area contributed by atoms with Gasteiger partial charge in [0.05, 0.1) is 18.1 Å². The van der Waals surface area contributed by atoms with Crippen LogP contribution < -0.4 is 11.1 Å². The van der Waals surface area contributed by atoms with Crippen molar-refractivity contribution in [1.29, 1.82) is 5.26 Å². The second-order valence-electron chi connectivity index (χ2n) is 4.85. The number of nitrogens with one attached hydrogen (secondary N) is 1. The smallest absolute Gasteiger partial charge is 0.0791 e. The van der Waals surface area contributed by atoms with Crippen molar-refractivity contribution in [3.05, 3.63) is 23.8 Å². The zero-order valence-electron chi connectivity index (χ0n) is 11.0. The van der Waals surface area contributed by atoms with Crippen LogP contribution in [0.25, 0.3) is 0 Å². The van der Waals surface area contributed by atoms with E-state index >= 15 is 0 Å². The molecule has 0 aliphatic heterocycles. The molecule has 0 saturated heterocycles. The molecule has 0 aliphatic carbocycles. The highest BCUT2D eigenvalue weighted by atomic mass is 16.3. The second kappa shape index (κ2) is 6.27. The Hall–Kier alpha value is -1.73. The van der Waals surface area contributed by atoms with Gasteiger partial charge in [0, 0.05) is 17.9 Å². The van der Waals surface area contributed by atoms with E-state index in [1.54, 1.807) is 6.07 Å². The van der Waals surface area contributed by atoms with Gasteiger partial charge in [-0.1, -0.05) is 13.3 Å². The van der Waals surface area contributed by atoms with Gasteiger partial charge in [0.1, 0.15) is 0 Å². The summed E-state index contributed by atoms with van der Waals surface area (Å²) in [6, 6.07) is 7.59. The fourth-order valence-corrected chi connectivity index (χ4v) is 1.87. The Morgan fingerprint density at radius 1 is 1.50 bits per heavy atom. The van der Waals surface area contributed by atoms with E-state index in [4.69, 9.17) is 11.0 Å². The second-order valence-corrected chi connectivity index (χ2v) is 4.85. The minimum absolute atomic E-state index is 0.298. The Labute approximate surface area is 108 Å². The third-order valence-corrected chi connectivity index (χ3v) is 2.87. The zero-order valence-corrected chi connectivity index (χ0v) is 11.0. The fourth-order valence-electron chi connectivity index (χ4n) is 1.87. The Balaban J connectivity index is 2.68. The first-order valence-corrected chi connectivity index (χ1v) is 6.20. The molecule has 4 heteroatoms. The lowest BCUT2D eigenvalue weighted by Crippen LogP contribution is -2.33. The maximum Gasteiger partial charge on any atom is 0.0791 e. The number of nitrogen functional groups attached to an aromatic ring is 1. The molecule has 0 spiro atoms. The maximum absolute atomic E-state index is 10.1. The summed E-state index contributed by atoms with van der Waals surface area (Å²) < 4.78 is 0. The number of hydrogen-bond donors (Lipinski definition) is 3. The van der Waals surface area contributed by atoms with E-state index in [0.29, 0.717) is 18.7 Å². The molecule has 0 bridgehead atoms. The minimum atomic E-state index is -0.717. The van der Waals surface area contributed by atoms with Crippen LogP contribution in [0.1, 0.15) is 32.3 Å². The Bertz CT molecular complexity index is 435. The molecular weight excluding hydrogens is 226 g/mol. The molecule has 0 saturated carbocycles. The SMILES string of the molecule is CCCC(C)(O)CNc1ccc(N)c(CC#N)c1. The van der Waals surface area contributed by atoms with Crippen LogP contribution in [-0.4, -0.2) is 17.3 Å². The lowest BCUT2D eigenvalue weighted by atomic mass is 10.0. The van der Waals surface area contributed by atoms with Gasteiger partial charge in [0.2, 0.25) is 0 Å². The van der Waals surface area contributed by atoms with Gasteiger partial charge in [-0.05, 0) is 37.1 Å². The standard InChI is InChI=1S/C14H21N3O/c1-3-7-14(2,18)10-17-12-4-5-13(16)11(9-12)6-8-15/h4-5,9,17-18H,3,6-7,10,16H2,1-2H3. The lowest BCUT2D eigenvalue weighted by Gasteiger charge is -2.23. The van der Waals surface area contributed by atoms with Crippen LogP contribution in [0.2, 0.25) is 0 Å². The predicted octanol–water partition coefficient (Wildman–Crippen LogP) is 2.30. The average molecular weight is 247 g/mol. The largest absolute Gasteiger partial charge is 0.398 e. The van der Waals surface area contributed by atoms with E-state index in [1.165, 1.54) is 0 Å². The van der Waals surface area contributed by atoms with Gasteiger partial charge in [-0.2, -0.15) is 5.26 Å². The van der Waals surface area contributed by atoms with E-state index in [2.05, 4.69) is 11.4 Å². The predicted molar refractivity (Wildman–Crippen MR) is 74.2 cm³/mol. The normalized spacial score (nSPS) is 13.7. The van der Waals surface area contributed by atoms with E-state index in [9.17, 15) is 5.11 Å². The summed E-state index contributed by atoms with van der Waals surface area (Å²) in [5, 5.41) is 21.9. The first-order chi connectivity index (χ1) is 8.48. The summed E-state index contributed by atoms with van der Waals surface area (Å²) in [4.78, 5) is 0. The monoisotopic (exact) mass is 247 g/mol. The first kappa shape index (κ1) is 14.3. The topological polar surface area (TPSA) is 82.1 Å². The van der Waals surface area contributed by atoms with Crippen molar-refractivity contribution in [3.8, 4) is 6.07 Å². The Morgan fingerprint density at radius 2 is 2.22 bits per heavy atom. The summed E-state index contributed by atoms with van der Waals surface area (Å²) in [5.74, 6) is 0. The summed E-state index contributed by atoms with van der Waals surface area (Å²) in [7, 11) is 0. The first-order valence-electron chi connectivity index (χ1n) is 6.20. The molecule has 1 rings (SSSR count). The number of aliphatic hydroxyl groups is 1. The van der Waals surface area contributed by atoms with Crippen LogP contribution in [-0.2, 0) is 6.42 Å². The van der Waals surface area contributed by atoms with E-state index in [0.717, 1.165) is 24.1 Å². The number of rotatable bonds is 6. The third-order valence-electron chi connectivity index (χ3n) is 2.87. The maximum atomic E-state index is 10.1. The summed E-state index contributed by atoms with van der Waals surface area (Å²) in [5.41, 5.74) is 7.39. The highest BCUT2D eigenvalue weighted by molar-refractivity contribution is 5.58. The lowest BCUT2D eigenvalue weighted by molar-refractivity contribution is 0.0637. The molecule has 1 atom stereocenters. The van der Waals surface area contributed by atoms with Crippen molar-refractivity contribution < 1.29 is 5.11 Å². The fraction of sp³-hybridized carbons (Fsp3) is 0.500. The third kappa shape index (κ3) is 4.27. The highest BCUT2D eigenvalue weighted by Gasteiger charge is 2.18. The molecule has 98 valence electrons. The molecule has 0 aliphatic rings. The number of nitriles is 1. The number of nitrogens with two attached hydrogens (primary N) is 1. The number of benzene rings is 1. The summed E-state index contributed by atoms with van der Waals surface area (Å²) in [6.07, 6.45) is 1.99. The molecule has 0 aromatic heterocycles. The molecule has 18 heavy (non-hydrogen) atoms. The van der Waals surface area contributed by atoms with Crippen molar-refractivity contribution in [2.24, 2.45) is 0 Å². The number of anilines is 2. The summed E-state index contributed by atoms with van der Waals surface area (Å²) >= 11 is 0. The molecule has 0 fully saturated rings. The molecule has 1 aromatic rings. The molecule has 4 N–H and O–H groups in total. The molecule has 0 heterocycles. The minimum Gasteiger partial charge on any atom is -0.398 e. The van der Waals surface area contributed by atoms with E-state index in [-0.39, 0.29) is 0 Å². The van der Waals surface area contributed by atoms with Crippen LogP contribution in [0.3, 0.4) is 0 Å². The van der Waals surface area contributed by atoms with Gasteiger partial charge in [-0.25, -0.2) is 0 Å². The van der Waals surface area contributed by atoms with Crippen molar-refractivity contribution in [1.82, 2.24) is 0 Å². The number of nitrogens with zero attached hydrogens (tertiary/aromatic N) is 1. The van der Waals surface area contributed by atoms with Crippen LogP contribution in [0.15, 0.2) is 18.2 Å². The number of hydrogen-bond acceptors (Lipinski definition) is 4. The molecule has 0 radical (unpaired) electrons. The Kier molecular flexibility index (Phi) is 4.99. The molecule has 0 amide bonds. The summed E-state index contributed by atoms with van der Waals surface area (Å²) in [6.45, 7) is 4.34. The van der Waals surface area contributed by atoms with Gasteiger partial charge in [0.15, 0.2) is 0 Å². The zero-order chi connectivity index (χ0) is 13.6. The van der Waals surface area contributed by atoms with Gasteiger partial charge in [0.25, 0.3) is 0 Å². The van der Waals surface area contributed by atoms with Crippen LogP contribution in [0, 0.1) is 11.3 Å². The van der Waals surface area contributed by atoms with Gasteiger partial charge >= 0.3 is 0 Å². The molecule has 1 unspecified atom stereocenters. The van der Waals surface area contributed by atoms with Crippen LogP contribution in [0.4, 0.5) is 11.4 Å². The molecule has 1 aromatic carbocycles. The van der Waals surface area contributed by atoms with Gasteiger partial charge < -0.3 is 16.2 Å². The van der Waals surface area contributed by atoms with Crippen molar-refractivity contribution in [2.75, 3.05) is 17.6 Å². The van der Waals surface area contributed by atoms with Gasteiger partial charge in [-0.15, -0.1) is 0 Å². The van der Waals surface area contributed by atoms with E-state index in [1.807, 2.05) is 26.0 Å². The average Bonchev–Trinajstić information content (AvgIpc) is 2.30. The highest BCUT2D eigenvalue weighted by Crippen LogP contribution is 2.20. The molecular formula is C14H21N3O. The Morgan fingerprint density at radius 3 is 2.83 bits per heavy atom. The molecule has 4 nitrogen and oxygen atoms in total. The van der Waals surface area contributed by atoms with Crippen LogP contribution >= 0.6 is 0 Å². The van der Waals surface area contributed by atoms with E-state index < -0.39 is 5.60 Å². The van der Waals surface area contributed by atoms with Crippen LogP contribution in [0.5, 0.6) is 0 Å². The quantitative estimate of drug-likeness (QED) is 0.674. The van der Waals surface area contributed by atoms with Crippen molar-refractivity contribution in [3.63, 3.8) is 0 Å². The van der Waals surface area contributed by atoms with Crippen molar-refractivity contribution >= 4 is 11.4 Å². The van der Waals surface area contributed by atoms with Gasteiger partial charge in [-0.3, -0.25) is 0 Å². The van der Waals surface area contributed by atoms with Crippen molar-refractivity contribution in [2.45, 2.75) is 38.7 Å².